The first-order chi connectivity index (χ1) is 11.8. The molecule has 5 nitrogen and oxygen atoms in total. The molecule has 1 aromatic rings. The molecule has 2 heterocycles. The molecule has 2 fully saturated rings. The quantitative estimate of drug-likeness (QED) is 0.901. The van der Waals surface area contributed by atoms with Gasteiger partial charge in [-0.05, 0) is 31.2 Å². The molecule has 1 aromatic carbocycles. The fourth-order valence-electron chi connectivity index (χ4n) is 3.87. The van der Waals surface area contributed by atoms with E-state index in [-0.39, 0.29) is 0 Å². The molecule has 0 bridgehead atoms. The number of likely N-dealkylation sites (tertiary alicyclic amines) is 1. The third kappa shape index (κ3) is 3.09. The summed E-state index contributed by atoms with van der Waals surface area (Å²) in [5.74, 6) is 2.95. The second-order valence-electron chi connectivity index (χ2n) is 7.15. The molecular formula is C19H26N2O3. The Balaban J connectivity index is 1.36. The topological polar surface area (TPSA) is 50.8 Å². The van der Waals surface area contributed by atoms with E-state index in [1.807, 2.05) is 12.1 Å². The van der Waals surface area contributed by atoms with Crippen molar-refractivity contribution in [2.24, 2.45) is 11.8 Å². The number of hydrogen-bond acceptors (Lipinski definition) is 4. The van der Waals surface area contributed by atoms with Gasteiger partial charge in [-0.25, -0.2) is 0 Å². The van der Waals surface area contributed by atoms with Crippen molar-refractivity contribution in [3.8, 4) is 11.5 Å². The summed E-state index contributed by atoms with van der Waals surface area (Å²) in [4.78, 5) is 14.4. The SMILES string of the molecule is CC[C@H]1CN(C(=O)C2CC2)CC[C@H]1NCc1cccc2c1OCO2. The van der Waals surface area contributed by atoms with E-state index < -0.39 is 0 Å². The average Bonchev–Trinajstić information content (AvgIpc) is 3.36. The lowest BCUT2D eigenvalue weighted by Gasteiger charge is -2.39. The zero-order valence-corrected chi connectivity index (χ0v) is 14.3. The fourth-order valence-corrected chi connectivity index (χ4v) is 3.87. The van der Waals surface area contributed by atoms with Crippen LogP contribution in [-0.2, 0) is 11.3 Å². The van der Waals surface area contributed by atoms with E-state index in [0.717, 1.165) is 62.4 Å². The average molecular weight is 330 g/mol. The van der Waals surface area contributed by atoms with Gasteiger partial charge in [0.25, 0.3) is 0 Å². The van der Waals surface area contributed by atoms with Crippen LogP contribution in [0.4, 0.5) is 0 Å². The number of amides is 1. The summed E-state index contributed by atoms with van der Waals surface area (Å²) >= 11 is 0. The number of ether oxygens (including phenoxy) is 2. The summed E-state index contributed by atoms with van der Waals surface area (Å²) in [6.45, 7) is 5.10. The van der Waals surface area contributed by atoms with Crippen LogP contribution < -0.4 is 14.8 Å². The van der Waals surface area contributed by atoms with Gasteiger partial charge in [-0.2, -0.15) is 0 Å². The Morgan fingerprint density at radius 3 is 2.96 bits per heavy atom. The summed E-state index contributed by atoms with van der Waals surface area (Å²) in [7, 11) is 0. The lowest BCUT2D eigenvalue weighted by molar-refractivity contribution is -0.134. The highest BCUT2D eigenvalue weighted by Crippen LogP contribution is 2.36. The van der Waals surface area contributed by atoms with Crippen LogP contribution in [-0.4, -0.2) is 36.7 Å². The van der Waals surface area contributed by atoms with E-state index in [1.165, 1.54) is 0 Å². The number of rotatable bonds is 5. The minimum Gasteiger partial charge on any atom is -0.454 e. The van der Waals surface area contributed by atoms with Gasteiger partial charge >= 0.3 is 0 Å². The maximum Gasteiger partial charge on any atom is 0.231 e. The molecule has 1 N–H and O–H groups in total. The highest BCUT2D eigenvalue weighted by atomic mass is 16.7. The number of carbonyl (C=O) groups is 1. The molecule has 1 saturated carbocycles. The first-order valence-electron chi connectivity index (χ1n) is 9.16. The van der Waals surface area contributed by atoms with Crippen LogP contribution in [0, 0.1) is 11.8 Å². The van der Waals surface area contributed by atoms with E-state index >= 15 is 0 Å². The maximum absolute atomic E-state index is 12.3. The van der Waals surface area contributed by atoms with Gasteiger partial charge in [-0.1, -0.05) is 25.5 Å². The van der Waals surface area contributed by atoms with Crippen molar-refractivity contribution < 1.29 is 14.3 Å². The van der Waals surface area contributed by atoms with Crippen LogP contribution in [0.25, 0.3) is 0 Å². The number of benzene rings is 1. The second kappa shape index (κ2) is 6.63. The molecule has 0 unspecified atom stereocenters. The van der Waals surface area contributed by atoms with Crippen LogP contribution >= 0.6 is 0 Å². The predicted molar refractivity (Wildman–Crippen MR) is 90.9 cm³/mol. The Morgan fingerprint density at radius 2 is 2.17 bits per heavy atom. The van der Waals surface area contributed by atoms with Crippen molar-refractivity contribution in [3.05, 3.63) is 23.8 Å². The lowest BCUT2D eigenvalue weighted by atomic mass is 9.89. The van der Waals surface area contributed by atoms with Crippen molar-refractivity contribution in [2.75, 3.05) is 19.9 Å². The minimum absolute atomic E-state index is 0.311. The molecule has 3 aliphatic rings. The molecule has 0 radical (unpaired) electrons. The second-order valence-corrected chi connectivity index (χ2v) is 7.15. The lowest BCUT2D eigenvalue weighted by Crippen LogP contribution is -2.51. The van der Waals surface area contributed by atoms with E-state index in [4.69, 9.17) is 9.47 Å². The van der Waals surface area contributed by atoms with Gasteiger partial charge in [0.05, 0.1) is 0 Å². The molecule has 130 valence electrons. The van der Waals surface area contributed by atoms with Crippen LogP contribution in [0.2, 0.25) is 0 Å². The molecule has 0 spiro atoms. The molecular weight excluding hydrogens is 304 g/mol. The molecule has 0 aromatic heterocycles. The number of hydrogen-bond donors (Lipinski definition) is 1. The Kier molecular flexibility index (Phi) is 4.35. The standard InChI is InChI=1S/C19H26N2O3/c1-2-13-11-21(19(22)14-6-7-14)9-8-16(13)20-10-15-4-3-5-17-18(15)24-12-23-17/h3-5,13-14,16,20H,2,6-12H2,1H3/t13-,16+/m0/s1. The summed E-state index contributed by atoms with van der Waals surface area (Å²) in [5, 5.41) is 3.70. The van der Waals surface area contributed by atoms with Gasteiger partial charge < -0.3 is 19.7 Å². The Labute approximate surface area is 143 Å². The van der Waals surface area contributed by atoms with Gasteiger partial charge in [0.2, 0.25) is 12.7 Å². The smallest absolute Gasteiger partial charge is 0.231 e. The van der Waals surface area contributed by atoms with Crippen molar-refractivity contribution in [2.45, 2.75) is 45.2 Å². The molecule has 5 heteroatoms. The van der Waals surface area contributed by atoms with Crippen molar-refractivity contribution in [1.29, 1.82) is 0 Å². The number of para-hydroxylation sites is 1. The van der Waals surface area contributed by atoms with E-state index in [9.17, 15) is 4.79 Å². The number of nitrogens with one attached hydrogen (secondary N) is 1. The highest BCUT2D eigenvalue weighted by Gasteiger charge is 2.37. The van der Waals surface area contributed by atoms with Crippen LogP contribution in [0.15, 0.2) is 18.2 Å². The van der Waals surface area contributed by atoms with Crippen LogP contribution in [0.5, 0.6) is 11.5 Å². The third-order valence-corrected chi connectivity index (χ3v) is 5.53. The number of piperidine rings is 1. The number of nitrogens with zero attached hydrogens (tertiary/aromatic N) is 1. The van der Waals surface area contributed by atoms with E-state index in [1.54, 1.807) is 0 Å². The zero-order valence-electron chi connectivity index (χ0n) is 14.3. The van der Waals surface area contributed by atoms with Crippen molar-refractivity contribution in [1.82, 2.24) is 10.2 Å². The molecule has 1 saturated heterocycles. The number of carbonyl (C=O) groups excluding carboxylic acids is 1. The van der Waals surface area contributed by atoms with Crippen LogP contribution in [0.1, 0.15) is 38.2 Å². The normalized spacial score (nSPS) is 25.8. The summed E-state index contributed by atoms with van der Waals surface area (Å²) in [6, 6.07) is 6.51. The maximum atomic E-state index is 12.3. The van der Waals surface area contributed by atoms with Crippen LogP contribution in [0.3, 0.4) is 0 Å². The van der Waals surface area contributed by atoms with Gasteiger partial charge in [0.15, 0.2) is 11.5 Å². The Morgan fingerprint density at radius 1 is 1.29 bits per heavy atom. The van der Waals surface area contributed by atoms with Gasteiger partial charge in [0.1, 0.15) is 0 Å². The molecule has 24 heavy (non-hydrogen) atoms. The minimum atomic E-state index is 0.311. The predicted octanol–water partition coefficient (Wildman–Crippen LogP) is 2.54. The van der Waals surface area contributed by atoms with Crippen molar-refractivity contribution in [3.63, 3.8) is 0 Å². The fraction of sp³-hybridized carbons (Fsp3) is 0.632. The van der Waals surface area contributed by atoms with E-state index in [2.05, 4.69) is 23.2 Å². The Bertz CT molecular complexity index is 615. The molecule has 4 rings (SSSR count). The summed E-state index contributed by atoms with van der Waals surface area (Å²) in [5.41, 5.74) is 1.15. The number of fused-ring (bicyclic) bond motifs is 1. The first-order valence-corrected chi connectivity index (χ1v) is 9.16. The largest absolute Gasteiger partial charge is 0.454 e. The van der Waals surface area contributed by atoms with Gasteiger partial charge in [0, 0.05) is 37.2 Å². The summed E-state index contributed by atoms with van der Waals surface area (Å²) in [6.07, 6.45) is 4.31. The van der Waals surface area contributed by atoms with E-state index in [0.29, 0.717) is 30.6 Å². The highest BCUT2D eigenvalue weighted by molar-refractivity contribution is 5.81. The summed E-state index contributed by atoms with van der Waals surface area (Å²) < 4.78 is 11.0. The first kappa shape index (κ1) is 15.8. The molecule has 2 aliphatic heterocycles. The molecule has 1 amide bonds. The van der Waals surface area contributed by atoms with Crippen molar-refractivity contribution >= 4 is 5.91 Å². The monoisotopic (exact) mass is 330 g/mol. The Hall–Kier alpha value is -1.75. The van der Waals surface area contributed by atoms with Gasteiger partial charge in [-0.15, -0.1) is 0 Å². The van der Waals surface area contributed by atoms with Gasteiger partial charge in [-0.3, -0.25) is 4.79 Å². The third-order valence-electron chi connectivity index (χ3n) is 5.53. The zero-order chi connectivity index (χ0) is 16.5. The molecule has 2 atom stereocenters. The molecule has 1 aliphatic carbocycles.